The van der Waals surface area contributed by atoms with Crippen LogP contribution >= 0.6 is 11.3 Å². The van der Waals surface area contributed by atoms with Crippen LogP contribution in [0.1, 0.15) is 29.1 Å². The van der Waals surface area contributed by atoms with Gasteiger partial charge in [-0.05, 0) is 33.6 Å². The molecular weight excluding hydrogens is 282 g/mol. The molecule has 0 unspecified atom stereocenters. The zero-order valence-electron chi connectivity index (χ0n) is 12.8. The van der Waals surface area contributed by atoms with E-state index in [1.54, 1.807) is 17.7 Å². The summed E-state index contributed by atoms with van der Waals surface area (Å²) in [6, 6.07) is 2.48. The Hall–Kier alpha value is -1.69. The number of rotatable bonds is 3. The SMILES string of the molecule is Cc1cc(NC2CCN(c3nc(C)c(C)s3)CC2)ncn1. The third-order valence-electron chi connectivity index (χ3n) is 3.94. The molecule has 0 aromatic carbocycles. The molecule has 1 aliphatic heterocycles. The molecule has 0 spiro atoms. The number of nitrogens with zero attached hydrogens (tertiary/aromatic N) is 4. The first-order valence-corrected chi connectivity index (χ1v) is 8.17. The minimum Gasteiger partial charge on any atom is -0.367 e. The van der Waals surface area contributed by atoms with E-state index in [-0.39, 0.29) is 0 Å². The molecule has 0 radical (unpaired) electrons. The van der Waals surface area contributed by atoms with Gasteiger partial charge in [-0.1, -0.05) is 0 Å². The van der Waals surface area contributed by atoms with Crippen LogP contribution < -0.4 is 10.2 Å². The van der Waals surface area contributed by atoms with E-state index in [0.717, 1.165) is 43.1 Å². The molecule has 1 aliphatic rings. The van der Waals surface area contributed by atoms with E-state index >= 15 is 0 Å². The smallest absolute Gasteiger partial charge is 0.185 e. The van der Waals surface area contributed by atoms with Crippen molar-refractivity contribution in [2.45, 2.75) is 39.7 Å². The van der Waals surface area contributed by atoms with Gasteiger partial charge in [0, 0.05) is 35.8 Å². The average molecular weight is 303 g/mol. The van der Waals surface area contributed by atoms with Gasteiger partial charge in [0.15, 0.2) is 5.13 Å². The molecule has 3 rings (SSSR count). The Morgan fingerprint density at radius 2 is 1.95 bits per heavy atom. The molecule has 5 nitrogen and oxygen atoms in total. The third kappa shape index (κ3) is 3.32. The number of hydrogen-bond acceptors (Lipinski definition) is 6. The van der Waals surface area contributed by atoms with Crippen molar-refractivity contribution >= 4 is 22.3 Å². The number of aryl methyl sites for hydroxylation is 3. The molecule has 3 heterocycles. The second kappa shape index (κ2) is 5.97. The van der Waals surface area contributed by atoms with Crippen LogP contribution in [-0.2, 0) is 0 Å². The molecule has 1 N–H and O–H groups in total. The van der Waals surface area contributed by atoms with E-state index < -0.39 is 0 Å². The van der Waals surface area contributed by atoms with Gasteiger partial charge in [0.2, 0.25) is 0 Å². The van der Waals surface area contributed by atoms with Crippen LogP contribution in [0.15, 0.2) is 12.4 Å². The summed E-state index contributed by atoms with van der Waals surface area (Å²) in [6.07, 6.45) is 3.84. The molecule has 0 saturated carbocycles. The van der Waals surface area contributed by atoms with E-state index in [0.29, 0.717) is 6.04 Å². The molecule has 0 aliphatic carbocycles. The molecule has 2 aromatic rings. The summed E-state index contributed by atoms with van der Waals surface area (Å²) in [5, 5.41) is 4.68. The minimum atomic E-state index is 0.484. The number of aromatic nitrogens is 3. The van der Waals surface area contributed by atoms with Crippen molar-refractivity contribution in [3.63, 3.8) is 0 Å². The zero-order chi connectivity index (χ0) is 14.8. The largest absolute Gasteiger partial charge is 0.367 e. The highest BCUT2D eigenvalue weighted by molar-refractivity contribution is 7.15. The molecule has 0 amide bonds. The van der Waals surface area contributed by atoms with Crippen LogP contribution in [0.3, 0.4) is 0 Å². The lowest BCUT2D eigenvalue weighted by molar-refractivity contribution is 0.524. The Balaban J connectivity index is 1.57. The van der Waals surface area contributed by atoms with Crippen molar-refractivity contribution in [2.24, 2.45) is 0 Å². The topological polar surface area (TPSA) is 53.9 Å². The normalized spacial score (nSPS) is 16.2. The molecule has 1 saturated heterocycles. The van der Waals surface area contributed by atoms with E-state index in [1.807, 2.05) is 13.0 Å². The fourth-order valence-electron chi connectivity index (χ4n) is 2.55. The van der Waals surface area contributed by atoms with Gasteiger partial charge in [-0.25, -0.2) is 15.0 Å². The maximum Gasteiger partial charge on any atom is 0.185 e. The minimum absolute atomic E-state index is 0.484. The molecule has 6 heteroatoms. The highest BCUT2D eigenvalue weighted by Gasteiger charge is 2.21. The fourth-order valence-corrected chi connectivity index (χ4v) is 3.51. The van der Waals surface area contributed by atoms with Crippen molar-refractivity contribution in [3.8, 4) is 0 Å². The molecule has 21 heavy (non-hydrogen) atoms. The Morgan fingerprint density at radius 3 is 2.57 bits per heavy atom. The lowest BCUT2D eigenvalue weighted by Gasteiger charge is -2.32. The first-order chi connectivity index (χ1) is 10.1. The van der Waals surface area contributed by atoms with Crippen molar-refractivity contribution in [2.75, 3.05) is 23.3 Å². The Bertz CT molecular complexity index is 597. The standard InChI is InChI=1S/C15H21N5S/c1-10-8-14(17-9-16-10)19-13-4-6-20(7-5-13)15-18-11(2)12(3)21-15/h8-9,13H,4-7H2,1-3H3,(H,16,17,19). The summed E-state index contributed by atoms with van der Waals surface area (Å²) in [6.45, 7) is 8.31. The monoisotopic (exact) mass is 303 g/mol. The lowest BCUT2D eigenvalue weighted by Crippen LogP contribution is -2.39. The fraction of sp³-hybridized carbons (Fsp3) is 0.533. The van der Waals surface area contributed by atoms with E-state index in [2.05, 4.69) is 39.0 Å². The second-order valence-corrected chi connectivity index (χ2v) is 6.77. The van der Waals surface area contributed by atoms with Gasteiger partial charge in [0.1, 0.15) is 12.1 Å². The Kier molecular flexibility index (Phi) is 4.05. The first kappa shape index (κ1) is 14.3. The van der Waals surface area contributed by atoms with Crippen LogP contribution in [-0.4, -0.2) is 34.1 Å². The number of piperidine rings is 1. The molecule has 2 aromatic heterocycles. The van der Waals surface area contributed by atoms with Crippen molar-refractivity contribution in [1.29, 1.82) is 0 Å². The van der Waals surface area contributed by atoms with E-state index in [1.165, 1.54) is 10.0 Å². The van der Waals surface area contributed by atoms with Crippen molar-refractivity contribution < 1.29 is 0 Å². The van der Waals surface area contributed by atoms with Crippen LogP contribution in [0.2, 0.25) is 0 Å². The molecule has 0 atom stereocenters. The maximum absolute atomic E-state index is 4.66. The Labute approximate surface area is 129 Å². The molecular formula is C15H21N5S. The van der Waals surface area contributed by atoms with Gasteiger partial charge in [-0.3, -0.25) is 0 Å². The van der Waals surface area contributed by atoms with E-state index in [4.69, 9.17) is 0 Å². The summed E-state index contributed by atoms with van der Waals surface area (Å²) in [5.41, 5.74) is 2.16. The van der Waals surface area contributed by atoms with Crippen LogP contribution in [0.25, 0.3) is 0 Å². The second-order valence-electron chi connectivity index (χ2n) is 5.59. The average Bonchev–Trinajstić information content (AvgIpc) is 2.79. The summed E-state index contributed by atoms with van der Waals surface area (Å²) in [5.74, 6) is 0.932. The summed E-state index contributed by atoms with van der Waals surface area (Å²) >= 11 is 1.80. The van der Waals surface area contributed by atoms with Crippen LogP contribution in [0.4, 0.5) is 10.9 Å². The number of hydrogen-bond donors (Lipinski definition) is 1. The maximum atomic E-state index is 4.66. The van der Waals surface area contributed by atoms with E-state index in [9.17, 15) is 0 Å². The predicted molar refractivity (Wildman–Crippen MR) is 87.2 cm³/mol. The van der Waals surface area contributed by atoms with Crippen molar-refractivity contribution in [1.82, 2.24) is 15.0 Å². The predicted octanol–water partition coefficient (Wildman–Crippen LogP) is 2.94. The molecule has 0 bridgehead atoms. The van der Waals surface area contributed by atoms with Crippen LogP contribution in [0.5, 0.6) is 0 Å². The number of nitrogens with one attached hydrogen (secondary N) is 1. The summed E-state index contributed by atoms with van der Waals surface area (Å²) in [7, 11) is 0. The lowest BCUT2D eigenvalue weighted by atomic mass is 10.1. The highest BCUT2D eigenvalue weighted by Crippen LogP contribution is 2.28. The third-order valence-corrected chi connectivity index (χ3v) is 5.07. The quantitative estimate of drug-likeness (QED) is 0.945. The van der Waals surface area contributed by atoms with Gasteiger partial charge >= 0.3 is 0 Å². The Morgan fingerprint density at radius 1 is 1.19 bits per heavy atom. The van der Waals surface area contributed by atoms with Crippen molar-refractivity contribution in [3.05, 3.63) is 28.7 Å². The first-order valence-electron chi connectivity index (χ1n) is 7.36. The van der Waals surface area contributed by atoms with Gasteiger partial charge in [0.05, 0.1) is 5.69 Å². The number of thiazole rings is 1. The molecule has 112 valence electrons. The summed E-state index contributed by atoms with van der Waals surface area (Å²) in [4.78, 5) is 16.8. The van der Waals surface area contributed by atoms with Gasteiger partial charge in [0.25, 0.3) is 0 Å². The van der Waals surface area contributed by atoms with Gasteiger partial charge in [-0.15, -0.1) is 11.3 Å². The zero-order valence-corrected chi connectivity index (χ0v) is 13.6. The highest BCUT2D eigenvalue weighted by atomic mass is 32.1. The van der Waals surface area contributed by atoms with Gasteiger partial charge in [-0.2, -0.15) is 0 Å². The van der Waals surface area contributed by atoms with Crippen LogP contribution in [0, 0.1) is 20.8 Å². The van der Waals surface area contributed by atoms with Gasteiger partial charge < -0.3 is 10.2 Å². The number of anilines is 2. The molecule has 1 fully saturated rings. The summed E-state index contributed by atoms with van der Waals surface area (Å²) < 4.78 is 0.